The SMILES string of the molecule is CCC(C)(C(=O)N(C)CCO)C(N)=S. The van der Waals surface area contributed by atoms with Crippen LogP contribution in [0.15, 0.2) is 0 Å². The van der Waals surface area contributed by atoms with Gasteiger partial charge in [0.2, 0.25) is 5.91 Å². The van der Waals surface area contributed by atoms with Crippen LogP contribution in [-0.2, 0) is 4.79 Å². The fourth-order valence-electron chi connectivity index (χ4n) is 1.10. The molecule has 0 spiro atoms. The van der Waals surface area contributed by atoms with E-state index in [-0.39, 0.29) is 17.5 Å². The van der Waals surface area contributed by atoms with Crippen LogP contribution in [-0.4, -0.2) is 41.1 Å². The quantitative estimate of drug-likeness (QED) is 0.644. The summed E-state index contributed by atoms with van der Waals surface area (Å²) in [5.74, 6) is -0.137. The second-order valence-electron chi connectivity index (χ2n) is 3.50. The van der Waals surface area contributed by atoms with Crippen LogP contribution in [0.2, 0.25) is 0 Å². The lowest BCUT2D eigenvalue weighted by atomic mass is 9.86. The Hall–Kier alpha value is -0.680. The maximum Gasteiger partial charge on any atom is 0.235 e. The van der Waals surface area contributed by atoms with Crippen molar-refractivity contribution >= 4 is 23.1 Å². The molecule has 0 aliphatic carbocycles. The molecule has 0 fully saturated rings. The highest BCUT2D eigenvalue weighted by Gasteiger charge is 2.36. The van der Waals surface area contributed by atoms with Gasteiger partial charge in [0.1, 0.15) is 0 Å². The van der Waals surface area contributed by atoms with Crippen LogP contribution >= 0.6 is 12.2 Å². The number of hydrogen-bond acceptors (Lipinski definition) is 3. The number of nitrogens with zero attached hydrogens (tertiary/aromatic N) is 1. The Kier molecular flexibility index (Phi) is 5.01. The van der Waals surface area contributed by atoms with Gasteiger partial charge in [0.15, 0.2) is 0 Å². The third kappa shape index (κ3) is 2.65. The topological polar surface area (TPSA) is 66.6 Å². The molecule has 0 aromatic rings. The van der Waals surface area contributed by atoms with Crippen molar-refractivity contribution in [3.8, 4) is 0 Å². The number of rotatable bonds is 5. The highest BCUT2D eigenvalue weighted by molar-refractivity contribution is 7.80. The molecule has 0 heterocycles. The first-order valence-electron chi connectivity index (χ1n) is 4.56. The molecule has 1 amide bonds. The Bertz CT molecular complexity index is 233. The minimum Gasteiger partial charge on any atom is -0.395 e. The van der Waals surface area contributed by atoms with E-state index in [2.05, 4.69) is 0 Å². The number of likely N-dealkylation sites (N-methyl/N-ethyl adjacent to an activating group) is 1. The van der Waals surface area contributed by atoms with E-state index >= 15 is 0 Å². The summed E-state index contributed by atoms with van der Waals surface area (Å²) in [6.45, 7) is 3.84. The van der Waals surface area contributed by atoms with Crippen LogP contribution in [0.3, 0.4) is 0 Å². The second-order valence-corrected chi connectivity index (χ2v) is 3.94. The maximum atomic E-state index is 11.9. The van der Waals surface area contributed by atoms with Gasteiger partial charge >= 0.3 is 0 Å². The van der Waals surface area contributed by atoms with Crippen LogP contribution in [0.25, 0.3) is 0 Å². The van der Waals surface area contributed by atoms with E-state index in [1.165, 1.54) is 4.90 Å². The van der Waals surface area contributed by atoms with Crippen molar-refractivity contribution in [1.82, 2.24) is 4.90 Å². The molecule has 3 N–H and O–H groups in total. The molecule has 0 aromatic heterocycles. The molecule has 5 heteroatoms. The van der Waals surface area contributed by atoms with Crippen molar-refractivity contribution in [3.05, 3.63) is 0 Å². The normalized spacial score (nSPS) is 14.6. The Balaban J connectivity index is 4.70. The number of carbonyl (C=O) groups is 1. The molecule has 0 aromatic carbocycles. The fraction of sp³-hybridized carbons (Fsp3) is 0.778. The van der Waals surface area contributed by atoms with Gasteiger partial charge in [-0.3, -0.25) is 4.79 Å². The van der Waals surface area contributed by atoms with Gasteiger partial charge in [-0.2, -0.15) is 0 Å². The van der Waals surface area contributed by atoms with E-state index < -0.39 is 5.41 Å². The number of nitrogens with two attached hydrogens (primary N) is 1. The average molecular weight is 218 g/mol. The first-order chi connectivity index (χ1) is 6.40. The van der Waals surface area contributed by atoms with Gasteiger partial charge in [0, 0.05) is 13.6 Å². The summed E-state index contributed by atoms with van der Waals surface area (Å²) in [5, 5.41) is 8.70. The number of carbonyl (C=O) groups excluding carboxylic acids is 1. The smallest absolute Gasteiger partial charge is 0.235 e. The Morgan fingerprint density at radius 3 is 2.43 bits per heavy atom. The highest BCUT2D eigenvalue weighted by Crippen LogP contribution is 2.23. The number of aliphatic hydroxyl groups excluding tert-OH is 1. The van der Waals surface area contributed by atoms with Gasteiger partial charge in [0.25, 0.3) is 0 Å². The molecule has 0 bridgehead atoms. The first-order valence-corrected chi connectivity index (χ1v) is 4.97. The predicted octanol–water partition coefficient (Wildman–Crippen LogP) is 0.140. The van der Waals surface area contributed by atoms with Crippen molar-refractivity contribution in [1.29, 1.82) is 0 Å². The molecule has 0 saturated carbocycles. The van der Waals surface area contributed by atoms with Crippen molar-refractivity contribution in [2.75, 3.05) is 20.2 Å². The summed E-state index contributed by atoms with van der Waals surface area (Å²) in [7, 11) is 1.63. The van der Waals surface area contributed by atoms with Crippen LogP contribution in [0.4, 0.5) is 0 Å². The van der Waals surface area contributed by atoms with Crippen LogP contribution in [0.1, 0.15) is 20.3 Å². The lowest BCUT2D eigenvalue weighted by Crippen LogP contribution is -2.47. The molecule has 1 unspecified atom stereocenters. The zero-order valence-corrected chi connectivity index (χ0v) is 9.73. The Morgan fingerprint density at radius 2 is 2.14 bits per heavy atom. The van der Waals surface area contributed by atoms with Gasteiger partial charge < -0.3 is 15.7 Å². The van der Waals surface area contributed by atoms with E-state index in [9.17, 15) is 4.79 Å². The molecule has 4 nitrogen and oxygen atoms in total. The minimum atomic E-state index is -0.792. The Morgan fingerprint density at radius 1 is 1.64 bits per heavy atom. The predicted molar refractivity (Wildman–Crippen MR) is 59.9 cm³/mol. The summed E-state index contributed by atoms with van der Waals surface area (Å²) in [6.07, 6.45) is 0.566. The standard InChI is InChI=1S/C9H18N2O2S/c1-4-9(2,7(10)14)8(13)11(3)5-6-12/h12H,4-6H2,1-3H3,(H2,10,14). The molecule has 0 rings (SSSR count). The summed E-state index contributed by atoms with van der Waals surface area (Å²) < 4.78 is 0. The van der Waals surface area contributed by atoms with E-state index in [1.807, 2.05) is 6.92 Å². The zero-order chi connectivity index (χ0) is 11.4. The summed E-state index contributed by atoms with van der Waals surface area (Å²) in [5.41, 5.74) is 4.75. The largest absolute Gasteiger partial charge is 0.395 e. The molecule has 0 saturated heterocycles. The van der Waals surface area contributed by atoms with E-state index in [1.54, 1.807) is 14.0 Å². The molecule has 0 aliphatic heterocycles. The van der Waals surface area contributed by atoms with Gasteiger partial charge in [-0.25, -0.2) is 0 Å². The number of aliphatic hydroxyl groups is 1. The van der Waals surface area contributed by atoms with Gasteiger partial charge in [-0.15, -0.1) is 0 Å². The van der Waals surface area contributed by atoms with Crippen molar-refractivity contribution in [2.45, 2.75) is 20.3 Å². The van der Waals surface area contributed by atoms with Crippen LogP contribution < -0.4 is 5.73 Å². The molecular weight excluding hydrogens is 200 g/mol. The maximum absolute atomic E-state index is 11.9. The number of thiocarbonyl (C=S) groups is 1. The molecular formula is C9H18N2O2S. The van der Waals surface area contributed by atoms with Gasteiger partial charge in [-0.1, -0.05) is 19.1 Å². The lowest BCUT2D eigenvalue weighted by Gasteiger charge is -2.30. The van der Waals surface area contributed by atoms with E-state index in [4.69, 9.17) is 23.1 Å². The second kappa shape index (κ2) is 5.26. The van der Waals surface area contributed by atoms with Crippen molar-refractivity contribution in [3.63, 3.8) is 0 Å². The fourth-order valence-corrected chi connectivity index (χ4v) is 1.34. The van der Waals surface area contributed by atoms with Crippen molar-refractivity contribution < 1.29 is 9.90 Å². The average Bonchev–Trinajstić information content (AvgIpc) is 2.15. The molecule has 14 heavy (non-hydrogen) atoms. The van der Waals surface area contributed by atoms with Gasteiger partial charge in [-0.05, 0) is 13.3 Å². The van der Waals surface area contributed by atoms with E-state index in [0.29, 0.717) is 13.0 Å². The lowest BCUT2D eigenvalue weighted by molar-refractivity contribution is -0.136. The monoisotopic (exact) mass is 218 g/mol. The zero-order valence-electron chi connectivity index (χ0n) is 8.91. The third-order valence-corrected chi connectivity index (χ3v) is 2.96. The van der Waals surface area contributed by atoms with Gasteiger partial charge in [0.05, 0.1) is 17.0 Å². The van der Waals surface area contributed by atoms with Crippen molar-refractivity contribution in [2.24, 2.45) is 11.1 Å². The first kappa shape index (κ1) is 13.3. The minimum absolute atomic E-state index is 0.0562. The molecule has 0 aliphatic rings. The summed E-state index contributed by atoms with van der Waals surface area (Å²) >= 11 is 4.88. The third-order valence-electron chi connectivity index (χ3n) is 2.51. The summed E-state index contributed by atoms with van der Waals surface area (Å²) in [6, 6.07) is 0. The summed E-state index contributed by atoms with van der Waals surface area (Å²) in [4.78, 5) is 13.5. The molecule has 82 valence electrons. The van der Waals surface area contributed by atoms with E-state index in [0.717, 1.165) is 0 Å². The molecule has 1 atom stereocenters. The number of amides is 1. The molecule has 0 radical (unpaired) electrons. The highest BCUT2D eigenvalue weighted by atomic mass is 32.1. The van der Waals surface area contributed by atoms with Crippen LogP contribution in [0, 0.1) is 5.41 Å². The Labute approximate surface area is 90.1 Å². The number of hydrogen-bond donors (Lipinski definition) is 2. The van der Waals surface area contributed by atoms with Crippen LogP contribution in [0.5, 0.6) is 0 Å².